The lowest BCUT2D eigenvalue weighted by molar-refractivity contribution is 0.768. The Hall–Kier alpha value is -2.37. The van der Waals surface area contributed by atoms with Crippen LogP contribution in [0.4, 0.5) is 5.82 Å². The molecule has 0 aromatic carbocycles. The van der Waals surface area contributed by atoms with Crippen molar-refractivity contribution in [1.29, 1.82) is 0 Å². The van der Waals surface area contributed by atoms with Crippen molar-refractivity contribution in [1.82, 2.24) is 24.7 Å². The van der Waals surface area contributed by atoms with Crippen molar-refractivity contribution in [2.24, 2.45) is 7.05 Å². The molecule has 0 aliphatic rings. The smallest absolute Gasteiger partial charge is 0.143 e. The van der Waals surface area contributed by atoms with E-state index in [2.05, 4.69) is 32.3 Å². The fourth-order valence-corrected chi connectivity index (χ4v) is 2.27. The molecule has 0 saturated heterocycles. The van der Waals surface area contributed by atoms with E-state index in [0.29, 0.717) is 0 Å². The summed E-state index contributed by atoms with van der Waals surface area (Å²) in [6, 6.07) is 0. The molecule has 0 radical (unpaired) electrons. The summed E-state index contributed by atoms with van der Waals surface area (Å²) in [6.07, 6.45) is 9.67. The maximum absolute atomic E-state index is 4.37. The second kappa shape index (κ2) is 5.32. The maximum Gasteiger partial charge on any atom is 0.143 e. The molecular weight excluding hydrogens is 252 g/mol. The van der Waals surface area contributed by atoms with E-state index in [-0.39, 0.29) is 0 Å². The van der Waals surface area contributed by atoms with Crippen LogP contribution in [0, 0.1) is 0 Å². The van der Waals surface area contributed by atoms with Crippen molar-refractivity contribution < 1.29 is 0 Å². The van der Waals surface area contributed by atoms with Gasteiger partial charge in [0, 0.05) is 37.1 Å². The highest BCUT2D eigenvalue weighted by Crippen LogP contribution is 2.31. The first-order chi connectivity index (χ1) is 9.79. The summed E-state index contributed by atoms with van der Waals surface area (Å²) < 4.78 is 1.79. The van der Waals surface area contributed by atoms with Crippen LogP contribution in [0.5, 0.6) is 0 Å². The molecule has 0 atom stereocenters. The highest BCUT2D eigenvalue weighted by Gasteiger charge is 2.13. The van der Waals surface area contributed by atoms with E-state index in [9.17, 15) is 0 Å². The third-order valence-electron chi connectivity index (χ3n) is 3.31. The Labute approximate surface area is 117 Å². The number of fused-ring (bicyclic) bond motifs is 1. The summed E-state index contributed by atoms with van der Waals surface area (Å²) in [5.41, 5.74) is 2.98. The molecule has 0 amide bonds. The van der Waals surface area contributed by atoms with Gasteiger partial charge in [0.25, 0.3) is 0 Å². The van der Waals surface area contributed by atoms with Gasteiger partial charge in [0.2, 0.25) is 0 Å². The zero-order valence-corrected chi connectivity index (χ0v) is 11.7. The van der Waals surface area contributed by atoms with E-state index in [0.717, 1.165) is 47.4 Å². The number of unbranched alkanes of at least 4 members (excludes halogenated alkanes) is 1. The highest BCUT2D eigenvalue weighted by molar-refractivity contribution is 6.00. The van der Waals surface area contributed by atoms with Crippen molar-refractivity contribution in [3.63, 3.8) is 0 Å². The molecule has 3 aromatic heterocycles. The van der Waals surface area contributed by atoms with E-state index in [1.807, 2.05) is 25.6 Å². The van der Waals surface area contributed by atoms with E-state index >= 15 is 0 Å². The van der Waals surface area contributed by atoms with Crippen LogP contribution in [0.3, 0.4) is 0 Å². The summed E-state index contributed by atoms with van der Waals surface area (Å²) in [6.45, 7) is 3.09. The largest absolute Gasteiger partial charge is 0.369 e. The van der Waals surface area contributed by atoms with Gasteiger partial charge in [-0.25, -0.2) is 9.97 Å². The van der Waals surface area contributed by atoms with Crippen LogP contribution in [-0.4, -0.2) is 31.3 Å². The first-order valence-corrected chi connectivity index (χ1v) is 6.84. The SMILES string of the molecule is CCCCNc1ncnc2[nH]cc(-c3cnn(C)c3)c12. The number of hydrogen-bond donors (Lipinski definition) is 2. The first-order valence-electron chi connectivity index (χ1n) is 6.84. The second-order valence-corrected chi connectivity index (χ2v) is 4.83. The van der Waals surface area contributed by atoms with Crippen molar-refractivity contribution in [3.8, 4) is 11.1 Å². The molecular formula is C14H18N6. The van der Waals surface area contributed by atoms with E-state index in [1.165, 1.54) is 0 Å². The minimum Gasteiger partial charge on any atom is -0.369 e. The molecule has 0 aliphatic heterocycles. The van der Waals surface area contributed by atoms with E-state index in [1.54, 1.807) is 11.0 Å². The normalized spacial score (nSPS) is 11.1. The summed E-state index contributed by atoms with van der Waals surface area (Å²) in [5, 5.41) is 8.64. The lowest BCUT2D eigenvalue weighted by Crippen LogP contribution is -2.03. The molecule has 3 rings (SSSR count). The molecule has 6 nitrogen and oxygen atoms in total. The van der Waals surface area contributed by atoms with Gasteiger partial charge in [0.15, 0.2) is 0 Å². The molecule has 0 unspecified atom stereocenters. The maximum atomic E-state index is 4.37. The van der Waals surface area contributed by atoms with Crippen LogP contribution in [0.2, 0.25) is 0 Å². The minimum absolute atomic E-state index is 0.845. The van der Waals surface area contributed by atoms with Crippen molar-refractivity contribution in [2.45, 2.75) is 19.8 Å². The fraction of sp³-hybridized carbons (Fsp3) is 0.357. The molecule has 0 aliphatic carbocycles. The topological polar surface area (TPSA) is 71.4 Å². The lowest BCUT2D eigenvalue weighted by atomic mass is 10.1. The van der Waals surface area contributed by atoms with Gasteiger partial charge >= 0.3 is 0 Å². The third kappa shape index (κ3) is 2.24. The summed E-state index contributed by atoms with van der Waals surface area (Å²) >= 11 is 0. The third-order valence-corrected chi connectivity index (χ3v) is 3.31. The number of rotatable bonds is 5. The minimum atomic E-state index is 0.845. The Morgan fingerprint density at radius 2 is 2.25 bits per heavy atom. The summed E-state index contributed by atoms with van der Waals surface area (Å²) in [4.78, 5) is 11.9. The predicted molar refractivity (Wildman–Crippen MR) is 79.5 cm³/mol. The number of anilines is 1. The van der Waals surface area contributed by atoms with Gasteiger partial charge in [-0.3, -0.25) is 4.68 Å². The van der Waals surface area contributed by atoms with Crippen molar-refractivity contribution in [3.05, 3.63) is 24.9 Å². The van der Waals surface area contributed by atoms with Gasteiger partial charge < -0.3 is 10.3 Å². The number of aryl methyl sites for hydroxylation is 1. The number of nitrogens with one attached hydrogen (secondary N) is 2. The summed E-state index contributed by atoms with van der Waals surface area (Å²) in [5.74, 6) is 0.878. The standard InChI is InChI=1S/C14H18N6/c1-3-4-5-15-13-12-11(10-6-19-20(2)8-10)7-16-14(12)18-9-17-13/h6-9H,3-5H2,1-2H3,(H2,15,16,17,18). The molecule has 0 spiro atoms. The van der Waals surface area contributed by atoms with E-state index < -0.39 is 0 Å². The Kier molecular flexibility index (Phi) is 3.37. The van der Waals surface area contributed by atoms with Gasteiger partial charge in [0.05, 0.1) is 11.6 Å². The number of aromatic nitrogens is 5. The average molecular weight is 270 g/mol. The Bertz CT molecular complexity index is 711. The number of hydrogen-bond acceptors (Lipinski definition) is 4. The van der Waals surface area contributed by atoms with Crippen LogP contribution in [0.1, 0.15) is 19.8 Å². The molecule has 3 heterocycles. The van der Waals surface area contributed by atoms with Crippen LogP contribution in [-0.2, 0) is 7.05 Å². The predicted octanol–water partition coefficient (Wildman–Crippen LogP) is 2.57. The lowest BCUT2D eigenvalue weighted by Gasteiger charge is -2.06. The Morgan fingerprint density at radius 1 is 1.35 bits per heavy atom. The molecule has 104 valence electrons. The number of nitrogens with zero attached hydrogens (tertiary/aromatic N) is 4. The number of H-pyrrole nitrogens is 1. The van der Waals surface area contributed by atoms with Crippen LogP contribution in [0.25, 0.3) is 22.2 Å². The van der Waals surface area contributed by atoms with Gasteiger partial charge in [-0.1, -0.05) is 13.3 Å². The Balaban J connectivity index is 2.04. The molecule has 0 fully saturated rings. The van der Waals surface area contributed by atoms with Gasteiger partial charge in [-0.2, -0.15) is 5.10 Å². The zero-order chi connectivity index (χ0) is 13.9. The molecule has 2 N–H and O–H groups in total. The van der Waals surface area contributed by atoms with Gasteiger partial charge in [-0.05, 0) is 6.42 Å². The molecule has 0 bridgehead atoms. The van der Waals surface area contributed by atoms with Crippen LogP contribution >= 0.6 is 0 Å². The molecule has 6 heteroatoms. The van der Waals surface area contributed by atoms with Gasteiger partial charge in [-0.15, -0.1) is 0 Å². The summed E-state index contributed by atoms with van der Waals surface area (Å²) in [7, 11) is 1.91. The molecule has 3 aromatic rings. The zero-order valence-electron chi connectivity index (χ0n) is 11.7. The quantitative estimate of drug-likeness (QED) is 0.699. The fourth-order valence-electron chi connectivity index (χ4n) is 2.27. The van der Waals surface area contributed by atoms with Crippen molar-refractivity contribution in [2.75, 3.05) is 11.9 Å². The Morgan fingerprint density at radius 3 is 3.00 bits per heavy atom. The second-order valence-electron chi connectivity index (χ2n) is 4.83. The highest BCUT2D eigenvalue weighted by atomic mass is 15.2. The molecule has 0 saturated carbocycles. The average Bonchev–Trinajstić information content (AvgIpc) is 3.05. The van der Waals surface area contributed by atoms with Crippen molar-refractivity contribution >= 4 is 16.9 Å². The van der Waals surface area contributed by atoms with Crippen LogP contribution in [0.15, 0.2) is 24.9 Å². The first kappa shape index (κ1) is 12.7. The van der Waals surface area contributed by atoms with E-state index in [4.69, 9.17) is 0 Å². The molecule has 20 heavy (non-hydrogen) atoms. The van der Waals surface area contributed by atoms with Gasteiger partial charge in [0.1, 0.15) is 17.8 Å². The van der Waals surface area contributed by atoms with Crippen LogP contribution < -0.4 is 5.32 Å². The monoisotopic (exact) mass is 270 g/mol. The number of aromatic amines is 1.